The maximum absolute atomic E-state index is 11.1. The molecular formula is C10H10O4. The van der Waals surface area contributed by atoms with Crippen LogP contribution >= 0.6 is 0 Å². The average Bonchev–Trinajstić information content (AvgIpc) is 2.16. The van der Waals surface area contributed by atoms with Gasteiger partial charge in [0.05, 0.1) is 0 Å². The fourth-order valence-electron chi connectivity index (χ4n) is 1.18. The second-order valence-electron chi connectivity index (χ2n) is 2.91. The lowest BCUT2D eigenvalue weighted by molar-refractivity contribution is -0.115. The number of phenols is 1. The molecule has 0 spiro atoms. The highest BCUT2D eigenvalue weighted by atomic mass is 16.3. The van der Waals surface area contributed by atoms with E-state index in [9.17, 15) is 14.7 Å². The van der Waals surface area contributed by atoms with Crippen LogP contribution in [0.2, 0.25) is 0 Å². The van der Waals surface area contributed by atoms with Crippen molar-refractivity contribution >= 4 is 12.1 Å². The third-order valence-electron chi connectivity index (χ3n) is 1.86. The van der Waals surface area contributed by atoms with E-state index in [0.29, 0.717) is 6.29 Å². The van der Waals surface area contributed by atoms with Gasteiger partial charge in [0.2, 0.25) is 0 Å². The molecule has 74 valence electrons. The van der Waals surface area contributed by atoms with E-state index >= 15 is 0 Å². The lowest BCUT2D eigenvalue weighted by Crippen LogP contribution is -2.06. The molecule has 0 saturated carbocycles. The third kappa shape index (κ3) is 1.97. The maximum Gasteiger partial charge on any atom is 0.160 e. The summed E-state index contributed by atoms with van der Waals surface area (Å²) in [5, 5.41) is 18.4. The molecule has 1 rings (SSSR count). The third-order valence-corrected chi connectivity index (χ3v) is 1.86. The predicted octanol–water partition coefficient (Wildman–Crippen LogP) is 0.827. The molecule has 0 saturated heterocycles. The fourth-order valence-corrected chi connectivity index (χ4v) is 1.18. The SMILES string of the molecule is CC(=O)c1cc(O)ccc1C(O)C=O. The Morgan fingerprint density at radius 1 is 1.50 bits per heavy atom. The number of carbonyl (C=O) groups is 2. The van der Waals surface area contributed by atoms with Gasteiger partial charge in [-0.15, -0.1) is 0 Å². The van der Waals surface area contributed by atoms with Gasteiger partial charge in [0.25, 0.3) is 0 Å². The van der Waals surface area contributed by atoms with Crippen LogP contribution in [0.15, 0.2) is 18.2 Å². The Morgan fingerprint density at radius 2 is 2.14 bits per heavy atom. The zero-order valence-corrected chi connectivity index (χ0v) is 7.60. The molecule has 4 heteroatoms. The highest BCUT2D eigenvalue weighted by molar-refractivity contribution is 5.96. The minimum Gasteiger partial charge on any atom is -0.508 e. The Hall–Kier alpha value is -1.68. The number of aldehydes is 1. The van der Waals surface area contributed by atoms with Crippen molar-refractivity contribution in [2.75, 3.05) is 0 Å². The summed E-state index contributed by atoms with van der Waals surface area (Å²) in [4.78, 5) is 21.4. The summed E-state index contributed by atoms with van der Waals surface area (Å²) >= 11 is 0. The number of aliphatic hydroxyl groups excluding tert-OH is 1. The van der Waals surface area contributed by atoms with E-state index in [1.165, 1.54) is 25.1 Å². The van der Waals surface area contributed by atoms with Gasteiger partial charge in [0.1, 0.15) is 11.9 Å². The van der Waals surface area contributed by atoms with Crippen molar-refractivity contribution in [2.45, 2.75) is 13.0 Å². The first-order chi connectivity index (χ1) is 6.56. The van der Waals surface area contributed by atoms with E-state index in [4.69, 9.17) is 5.11 Å². The number of hydrogen-bond donors (Lipinski definition) is 2. The van der Waals surface area contributed by atoms with Crippen LogP contribution in [0.5, 0.6) is 5.75 Å². The van der Waals surface area contributed by atoms with Gasteiger partial charge in [-0.25, -0.2) is 0 Å². The normalized spacial score (nSPS) is 12.1. The molecule has 1 aromatic rings. The van der Waals surface area contributed by atoms with Gasteiger partial charge >= 0.3 is 0 Å². The van der Waals surface area contributed by atoms with Crippen molar-refractivity contribution in [3.05, 3.63) is 29.3 Å². The molecule has 0 aliphatic carbocycles. The first-order valence-electron chi connectivity index (χ1n) is 4.03. The van der Waals surface area contributed by atoms with E-state index in [1.807, 2.05) is 0 Å². The molecule has 4 nitrogen and oxygen atoms in total. The van der Waals surface area contributed by atoms with E-state index < -0.39 is 6.10 Å². The van der Waals surface area contributed by atoms with Gasteiger partial charge in [-0.05, 0) is 24.6 Å². The molecule has 0 radical (unpaired) electrons. The molecule has 0 heterocycles. The molecule has 14 heavy (non-hydrogen) atoms. The van der Waals surface area contributed by atoms with Gasteiger partial charge < -0.3 is 15.0 Å². The summed E-state index contributed by atoms with van der Waals surface area (Å²) in [5.74, 6) is -0.381. The Morgan fingerprint density at radius 3 is 2.64 bits per heavy atom. The molecule has 2 N–H and O–H groups in total. The second-order valence-corrected chi connectivity index (χ2v) is 2.91. The van der Waals surface area contributed by atoms with Gasteiger partial charge in [-0.2, -0.15) is 0 Å². The summed E-state index contributed by atoms with van der Waals surface area (Å²) < 4.78 is 0. The van der Waals surface area contributed by atoms with Crippen LogP contribution in [0.1, 0.15) is 28.9 Å². The largest absolute Gasteiger partial charge is 0.508 e. The van der Waals surface area contributed by atoms with Crippen LogP contribution < -0.4 is 0 Å². The Kier molecular flexibility index (Phi) is 2.99. The molecule has 0 aliphatic rings. The van der Waals surface area contributed by atoms with E-state index in [2.05, 4.69) is 0 Å². The minimum atomic E-state index is -1.32. The van der Waals surface area contributed by atoms with E-state index in [1.54, 1.807) is 0 Å². The number of Topliss-reactive ketones (excluding diaryl/α,β-unsaturated/α-hetero) is 1. The molecule has 1 unspecified atom stereocenters. The predicted molar refractivity (Wildman–Crippen MR) is 49.1 cm³/mol. The number of carbonyl (C=O) groups excluding carboxylic acids is 2. The van der Waals surface area contributed by atoms with Crippen LogP contribution in [-0.2, 0) is 4.79 Å². The fraction of sp³-hybridized carbons (Fsp3) is 0.200. The van der Waals surface area contributed by atoms with Gasteiger partial charge in [-0.1, -0.05) is 6.07 Å². The molecule has 1 atom stereocenters. The van der Waals surface area contributed by atoms with Crippen LogP contribution in [0, 0.1) is 0 Å². The number of ketones is 1. The summed E-state index contributed by atoms with van der Waals surface area (Å²) in [6.07, 6.45) is -0.992. The smallest absolute Gasteiger partial charge is 0.160 e. The lowest BCUT2D eigenvalue weighted by atomic mass is 10.00. The molecule has 0 bridgehead atoms. The van der Waals surface area contributed by atoms with E-state index in [-0.39, 0.29) is 22.7 Å². The van der Waals surface area contributed by atoms with Crippen LogP contribution in [0.3, 0.4) is 0 Å². The number of phenolic OH excluding ortho intramolecular Hbond substituents is 1. The summed E-state index contributed by atoms with van der Waals surface area (Å²) in [6.45, 7) is 1.30. The molecule has 0 aliphatic heterocycles. The number of aromatic hydroxyl groups is 1. The Bertz CT molecular complexity index is 370. The quantitative estimate of drug-likeness (QED) is 0.552. The van der Waals surface area contributed by atoms with Crippen LogP contribution in [0.25, 0.3) is 0 Å². The van der Waals surface area contributed by atoms with Crippen molar-refractivity contribution in [1.29, 1.82) is 0 Å². The van der Waals surface area contributed by atoms with Crippen molar-refractivity contribution < 1.29 is 19.8 Å². The standard InChI is InChI=1S/C10H10O4/c1-6(12)9-4-7(13)2-3-8(9)10(14)5-11/h2-5,10,13-14H,1H3. The van der Waals surface area contributed by atoms with Gasteiger partial charge in [-0.3, -0.25) is 4.79 Å². The van der Waals surface area contributed by atoms with Gasteiger partial charge in [0, 0.05) is 5.56 Å². The molecule has 0 aromatic heterocycles. The Labute approximate surface area is 80.8 Å². The van der Waals surface area contributed by atoms with Crippen LogP contribution in [0.4, 0.5) is 0 Å². The summed E-state index contributed by atoms with van der Waals surface area (Å²) in [6, 6.07) is 3.89. The molecule has 0 amide bonds. The number of hydrogen-bond acceptors (Lipinski definition) is 4. The first kappa shape index (κ1) is 10.4. The van der Waals surface area contributed by atoms with Crippen molar-refractivity contribution in [2.24, 2.45) is 0 Å². The van der Waals surface area contributed by atoms with Crippen molar-refractivity contribution in [3.63, 3.8) is 0 Å². The maximum atomic E-state index is 11.1. The topological polar surface area (TPSA) is 74.6 Å². The van der Waals surface area contributed by atoms with Crippen LogP contribution in [-0.4, -0.2) is 22.3 Å². The monoisotopic (exact) mass is 194 g/mol. The van der Waals surface area contributed by atoms with Crippen molar-refractivity contribution in [1.82, 2.24) is 0 Å². The first-order valence-corrected chi connectivity index (χ1v) is 4.03. The summed E-state index contributed by atoms with van der Waals surface area (Å²) in [7, 11) is 0. The zero-order valence-electron chi connectivity index (χ0n) is 7.60. The van der Waals surface area contributed by atoms with E-state index in [0.717, 1.165) is 0 Å². The highest BCUT2D eigenvalue weighted by Crippen LogP contribution is 2.21. The molecule has 1 aromatic carbocycles. The molecule has 0 fully saturated rings. The lowest BCUT2D eigenvalue weighted by Gasteiger charge is -2.08. The molecular weight excluding hydrogens is 184 g/mol. The second kappa shape index (κ2) is 4.02. The minimum absolute atomic E-state index is 0.0722. The number of rotatable bonds is 3. The van der Waals surface area contributed by atoms with Gasteiger partial charge in [0.15, 0.2) is 12.1 Å². The Balaban J connectivity index is 3.28. The summed E-state index contributed by atoms with van der Waals surface area (Å²) in [5.41, 5.74) is 0.370. The van der Waals surface area contributed by atoms with Crippen molar-refractivity contribution in [3.8, 4) is 5.75 Å². The zero-order chi connectivity index (χ0) is 10.7. The average molecular weight is 194 g/mol. The number of aliphatic hydroxyl groups is 1. The highest BCUT2D eigenvalue weighted by Gasteiger charge is 2.14. The number of benzene rings is 1.